The van der Waals surface area contributed by atoms with Gasteiger partial charge in [-0.3, -0.25) is 0 Å². The zero-order valence-electron chi connectivity index (χ0n) is 32.9. The van der Waals surface area contributed by atoms with Crippen LogP contribution < -0.4 is 0 Å². The van der Waals surface area contributed by atoms with E-state index < -0.39 is 0 Å². The zero-order valence-corrected chi connectivity index (χ0v) is 32.9. The molecule has 0 nitrogen and oxygen atoms in total. The Bertz CT molecular complexity index is 2970. The second-order valence-corrected chi connectivity index (χ2v) is 18.9. The maximum Gasteiger partial charge on any atom is 0.0272 e. The standard InChI is InChI=1S/C57H46/c1-56(2)52-18-9-8-15-48(52)49-17-10-16-47(55(49)56)44-28-41(36-11-4-3-5-12-36)27-42(29-44)39-19-20-40-31-51-50-30-37-13-6-7-14-38(37)32-53(50)57(54(51)33-43(40)26-39)45-22-34-21-35(24-45)25-46(57)23-34/h3-20,26-35,45-46H,21-25H2,1-2H3. The van der Waals surface area contributed by atoms with E-state index in [0.29, 0.717) is 0 Å². The molecule has 8 aromatic rings. The third-order valence-corrected chi connectivity index (χ3v) is 15.7. The summed E-state index contributed by atoms with van der Waals surface area (Å²) in [6.07, 6.45) is 7.07. The van der Waals surface area contributed by atoms with Gasteiger partial charge in [0.25, 0.3) is 0 Å². The van der Waals surface area contributed by atoms with Crippen LogP contribution in [0.3, 0.4) is 0 Å². The van der Waals surface area contributed by atoms with Gasteiger partial charge in [-0.2, -0.15) is 0 Å². The lowest BCUT2D eigenvalue weighted by atomic mass is 9.43. The maximum atomic E-state index is 2.67. The molecule has 6 aliphatic carbocycles. The molecule has 0 radical (unpaired) electrons. The van der Waals surface area contributed by atoms with E-state index >= 15 is 0 Å². The third kappa shape index (κ3) is 4.40. The normalized spacial score (nSPS) is 24.2. The summed E-state index contributed by atoms with van der Waals surface area (Å²) in [4.78, 5) is 0. The van der Waals surface area contributed by atoms with Gasteiger partial charge in [0.1, 0.15) is 0 Å². The fourth-order valence-electron chi connectivity index (χ4n) is 13.6. The molecule has 0 amide bonds. The van der Waals surface area contributed by atoms with Gasteiger partial charge in [0.2, 0.25) is 0 Å². The molecule has 0 saturated heterocycles. The first-order valence-corrected chi connectivity index (χ1v) is 21.5. The van der Waals surface area contributed by atoms with E-state index in [-0.39, 0.29) is 10.8 Å². The molecule has 0 unspecified atom stereocenters. The van der Waals surface area contributed by atoms with Crippen LogP contribution in [0.1, 0.15) is 68.2 Å². The van der Waals surface area contributed by atoms with Gasteiger partial charge >= 0.3 is 0 Å². The smallest absolute Gasteiger partial charge is 0.0272 e. The monoisotopic (exact) mass is 730 g/mol. The number of hydrogen-bond acceptors (Lipinski definition) is 0. The van der Waals surface area contributed by atoms with Gasteiger partial charge in [0.05, 0.1) is 0 Å². The minimum Gasteiger partial charge on any atom is -0.0622 e. The van der Waals surface area contributed by atoms with Gasteiger partial charge in [0.15, 0.2) is 0 Å². The lowest BCUT2D eigenvalue weighted by molar-refractivity contribution is -0.0398. The van der Waals surface area contributed by atoms with Crippen molar-refractivity contribution in [1.29, 1.82) is 0 Å². The van der Waals surface area contributed by atoms with Crippen molar-refractivity contribution in [3.05, 3.63) is 180 Å². The van der Waals surface area contributed by atoms with E-state index in [9.17, 15) is 0 Å². The molecule has 274 valence electrons. The highest BCUT2D eigenvalue weighted by atomic mass is 14.6. The summed E-state index contributed by atoms with van der Waals surface area (Å²) < 4.78 is 0. The average molecular weight is 731 g/mol. The van der Waals surface area contributed by atoms with Crippen molar-refractivity contribution in [2.75, 3.05) is 0 Å². The molecule has 57 heavy (non-hydrogen) atoms. The van der Waals surface area contributed by atoms with Crippen molar-refractivity contribution in [2.24, 2.45) is 23.7 Å². The fourth-order valence-corrected chi connectivity index (χ4v) is 13.6. The summed E-state index contributed by atoms with van der Waals surface area (Å²) >= 11 is 0. The molecule has 1 spiro atoms. The molecule has 0 N–H and O–H groups in total. The minimum absolute atomic E-state index is 0.0912. The Balaban J connectivity index is 1.01. The van der Waals surface area contributed by atoms with E-state index in [2.05, 4.69) is 172 Å². The lowest BCUT2D eigenvalue weighted by Crippen LogP contribution is -2.55. The van der Waals surface area contributed by atoms with Crippen LogP contribution in [-0.4, -0.2) is 0 Å². The van der Waals surface area contributed by atoms with Gasteiger partial charge in [0, 0.05) is 10.8 Å². The highest BCUT2D eigenvalue weighted by Crippen LogP contribution is 2.70. The first kappa shape index (κ1) is 32.4. The highest BCUT2D eigenvalue weighted by Gasteiger charge is 2.61. The first-order chi connectivity index (χ1) is 27.9. The van der Waals surface area contributed by atoms with Gasteiger partial charge < -0.3 is 0 Å². The molecule has 4 saturated carbocycles. The predicted octanol–water partition coefficient (Wildman–Crippen LogP) is 15.0. The highest BCUT2D eigenvalue weighted by molar-refractivity contribution is 6.00. The molecular weight excluding hydrogens is 685 g/mol. The second kappa shape index (κ2) is 11.4. The van der Waals surface area contributed by atoms with Gasteiger partial charge in [-0.05, 0) is 204 Å². The van der Waals surface area contributed by atoms with E-state index in [1.165, 1.54) is 120 Å². The van der Waals surface area contributed by atoms with E-state index in [0.717, 1.165) is 23.7 Å². The average Bonchev–Trinajstić information content (AvgIpc) is 3.65. The van der Waals surface area contributed by atoms with Crippen molar-refractivity contribution >= 4 is 21.5 Å². The molecule has 0 atom stereocenters. The Hall–Kier alpha value is -5.72. The first-order valence-electron chi connectivity index (χ1n) is 21.5. The van der Waals surface area contributed by atoms with Crippen molar-refractivity contribution < 1.29 is 0 Å². The number of rotatable bonds is 3. The molecular formula is C57H46. The number of fused-ring (bicyclic) bond motifs is 8. The van der Waals surface area contributed by atoms with Crippen LogP contribution >= 0.6 is 0 Å². The molecule has 0 heteroatoms. The SMILES string of the molecule is CC1(C)c2ccccc2-c2cccc(-c3cc(-c4ccccc4)cc(-c4ccc5cc6c(cc5c4)C4(c5cc7ccccc7cc5-6)C5CC6CC(C5)CC4C6)c3)c21. The Morgan fingerprint density at radius 2 is 0.912 bits per heavy atom. The summed E-state index contributed by atoms with van der Waals surface area (Å²) in [5.74, 6) is 3.33. The van der Waals surface area contributed by atoms with Crippen molar-refractivity contribution in [2.45, 2.75) is 56.8 Å². The fraction of sp³-hybridized carbons (Fsp3) is 0.228. The minimum atomic E-state index is -0.0912. The molecule has 0 aliphatic heterocycles. The summed E-state index contributed by atoms with van der Waals surface area (Å²) in [6, 6.07) is 61.0. The van der Waals surface area contributed by atoms with Crippen LogP contribution in [0.25, 0.3) is 77.2 Å². The molecule has 14 rings (SSSR count). The largest absolute Gasteiger partial charge is 0.0622 e. The summed E-state index contributed by atoms with van der Waals surface area (Å²) in [5.41, 5.74) is 19.6. The van der Waals surface area contributed by atoms with Crippen molar-refractivity contribution in [1.82, 2.24) is 0 Å². The maximum absolute atomic E-state index is 2.67. The quantitative estimate of drug-likeness (QED) is 0.170. The predicted molar refractivity (Wildman–Crippen MR) is 239 cm³/mol. The molecule has 4 bridgehead atoms. The van der Waals surface area contributed by atoms with E-state index in [1.54, 1.807) is 11.1 Å². The van der Waals surface area contributed by atoms with Crippen LogP contribution in [0.5, 0.6) is 0 Å². The van der Waals surface area contributed by atoms with Crippen molar-refractivity contribution in [3.63, 3.8) is 0 Å². The summed E-state index contributed by atoms with van der Waals surface area (Å²) in [6.45, 7) is 4.81. The van der Waals surface area contributed by atoms with Crippen molar-refractivity contribution in [3.8, 4) is 55.6 Å². The van der Waals surface area contributed by atoms with Crippen LogP contribution in [0, 0.1) is 23.7 Å². The Morgan fingerprint density at radius 3 is 1.65 bits per heavy atom. The molecule has 6 aliphatic rings. The van der Waals surface area contributed by atoms with Gasteiger partial charge in [-0.25, -0.2) is 0 Å². The topological polar surface area (TPSA) is 0 Å². The van der Waals surface area contributed by atoms with Crippen LogP contribution in [0.15, 0.2) is 158 Å². The van der Waals surface area contributed by atoms with Gasteiger partial charge in [-0.15, -0.1) is 0 Å². The van der Waals surface area contributed by atoms with Crippen LogP contribution in [0.4, 0.5) is 0 Å². The summed E-state index contributed by atoms with van der Waals surface area (Å²) in [7, 11) is 0. The Morgan fingerprint density at radius 1 is 0.351 bits per heavy atom. The third-order valence-electron chi connectivity index (χ3n) is 15.7. The molecule has 4 fully saturated rings. The Kier molecular flexibility index (Phi) is 6.50. The number of benzene rings is 8. The van der Waals surface area contributed by atoms with E-state index in [4.69, 9.17) is 0 Å². The molecule has 8 aromatic carbocycles. The van der Waals surface area contributed by atoms with Crippen LogP contribution in [0.2, 0.25) is 0 Å². The zero-order chi connectivity index (χ0) is 37.6. The van der Waals surface area contributed by atoms with E-state index in [1.807, 2.05) is 0 Å². The molecule has 0 heterocycles. The lowest BCUT2D eigenvalue weighted by Gasteiger charge is -2.61. The number of hydrogen-bond donors (Lipinski definition) is 0. The van der Waals surface area contributed by atoms with Crippen LogP contribution in [-0.2, 0) is 10.8 Å². The second-order valence-electron chi connectivity index (χ2n) is 18.9. The summed E-state index contributed by atoms with van der Waals surface area (Å²) in [5, 5.41) is 5.48. The Labute approximate surface area is 336 Å². The van der Waals surface area contributed by atoms with Gasteiger partial charge in [-0.1, -0.05) is 123 Å². The molecule has 0 aromatic heterocycles.